The predicted octanol–water partition coefficient (Wildman–Crippen LogP) is 2.46. The molecule has 1 atom stereocenters. The SMILES string of the molecule is C=CCNC(=S)NC[C@@H](c1ccco1)N1CCCCC1. The number of rotatable bonds is 6. The molecule has 1 saturated heterocycles. The molecule has 1 fully saturated rings. The van der Waals surface area contributed by atoms with Crippen LogP contribution in [0.3, 0.4) is 0 Å². The van der Waals surface area contributed by atoms with Gasteiger partial charge in [-0.15, -0.1) is 6.58 Å². The van der Waals surface area contributed by atoms with Gasteiger partial charge in [0.1, 0.15) is 5.76 Å². The number of hydrogen-bond acceptors (Lipinski definition) is 3. The molecule has 0 saturated carbocycles. The summed E-state index contributed by atoms with van der Waals surface area (Å²) < 4.78 is 5.60. The smallest absolute Gasteiger partial charge is 0.166 e. The summed E-state index contributed by atoms with van der Waals surface area (Å²) in [5, 5.41) is 7.03. The van der Waals surface area contributed by atoms with E-state index in [1.807, 2.05) is 12.1 Å². The highest BCUT2D eigenvalue weighted by atomic mass is 32.1. The molecule has 2 heterocycles. The molecule has 1 aromatic rings. The van der Waals surface area contributed by atoms with Crippen molar-refractivity contribution in [3.8, 4) is 0 Å². The van der Waals surface area contributed by atoms with Crippen molar-refractivity contribution in [3.05, 3.63) is 36.8 Å². The van der Waals surface area contributed by atoms with Gasteiger partial charge in [0.25, 0.3) is 0 Å². The van der Waals surface area contributed by atoms with E-state index in [-0.39, 0.29) is 6.04 Å². The van der Waals surface area contributed by atoms with Crippen molar-refractivity contribution in [2.75, 3.05) is 26.2 Å². The third-order valence-corrected chi connectivity index (χ3v) is 3.85. The Labute approximate surface area is 126 Å². The van der Waals surface area contributed by atoms with Crippen LogP contribution >= 0.6 is 12.2 Å². The molecule has 0 aromatic carbocycles. The Kier molecular flexibility index (Phi) is 6.08. The molecule has 1 aromatic heterocycles. The predicted molar refractivity (Wildman–Crippen MR) is 85.7 cm³/mol. The zero-order valence-electron chi connectivity index (χ0n) is 11.8. The zero-order valence-corrected chi connectivity index (χ0v) is 12.6. The third kappa shape index (κ3) is 4.35. The lowest BCUT2D eigenvalue weighted by atomic mass is 10.1. The highest BCUT2D eigenvalue weighted by molar-refractivity contribution is 7.80. The summed E-state index contributed by atoms with van der Waals surface area (Å²) in [6, 6.07) is 4.23. The van der Waals surface area contributed by atoms with Crippen LogP contribution in [0.4, 0.5) is 0 Å². The molecule has 20 heavy (non-hydrogen) atoms. The maximum Gasteiger partial charge on any atom is 0.166 e. The van der Waals surface area contributed by atoms with Crippen molar-refractivity contribution in [2.45, 2.75) is 25.3 Å². The molecular formula is C15H23N3OS. The van der Waals surface area contributed by atoms with Crippen LogP contribution in [0.1, 0.15) is 31.1 Å². The van der Waals surface area contributed by atoms with Gasteiger partial charge in [-0.25, -0.2) is 0 Å². The van der Waals surface area contributed by atoms with Gasteiger partial charge in [0.2, 0.25) is 0 Å². The van der Waals surface area contributed by atoms with Crippen LogP contribution in [0.2, 0.25) is 0 Å². The molecule has 0 amide bonds. The second kappa shape index (κ2) is 8.07. The van der Waals surface area contributed by atoms with Crippen LogP contribution < -0.4 is 10.6 Å². The third-order valence-electron chi connectivity index (χ3n) is 3.57. The summed E-state index contributed by atoms with van der Waals surface area (Å²) in [6.07, 6.45) is 7.38. The maximum absolute atomic E-state index is 5.60. The Hall–Kier alpha value is -1.33. The van der Waals surface area contributed by atoms with E-state index in [4.69, 9.17) is 16.6 Å². The molecule has 0 aliphatic carbocycles. The highest BCUT2D eigenvalue weighted by Gasteiger charge is 2.24. The first kappa shape index (κ1) is 15.1. The van der Waals surface area contributed by atoms with E-state index in [0.717, 1.165) is 25.4 Å². The fourth-order valence-electron chi connectivity index (χ4n) is 2.54. The molecule has 4 nitrogen and oxygen atoms in total. The quantitative estimate of drug-likeness (QED) is 0.623. The number of piperidine rings is 1. The number of furan rings is 1. The highest BCUT2D eigenvalue weighted by Crippen LogP contribution is 2.24. The summed E-state index contributed by atoms with van der Waals surface area (Å²) in [5.41, 5.74) is 0. The molecule has 1 aliphatic rings. The molecule has 5 heteroatoms. The number of nitrogens with zero attached hydrogens (tertiary/aromatic N) is 1. The first-order chi connectivity index (χ1) is 9.81. The summed E-state index contributed by atoms with van der Waals surface area (Å²) in [4.78, 5) is 2.48. The van der Waals surface area contributed by atoms with Crippen molar-refractivity contribution in [1.29, 1.82) is 0 Å². The van der Waals surface area contributed by atoms with Crippen molar-refractivity contribution >= 4 is 17.3 Å². The summed E-state index contributed by atoms with van der Waals surface area (Å²) in [5.74, 6) is 1.01. The van der Waals surface area contributed by atoms with E-state index in [0.29, 0.717) is 11.7 Å². The van der Waals surface area contributed by atoms with E-state index < -0.39 is 0 Å². The molecular weight excluding hydrogens is 270 g/mol. The first-order valence-corrected chi connectivity index (χ1v) is 7.62. The van der Waals surface area contributed by atoms with Crippen LogP contribution in [0, 0.1) is 0 Å². The second-order valence-corrected chi connectivity index (χ2v) is 5.42. The van der Waals surface area contributed by atoms with Crippen molar-refractivity contribution in [1.82, 2.24) is 15.5 Å². The monoisotopic (exact) mass is 293 g/mol. The van der Waals surface area contributed by atoms with Gasteiger partial charge >= 0.3 is 0 Å². The largest absolute Gasteiger partial charge is 0.468 e. The fraction of sp³-hybridized carbons (Fsp3) is 0.533. The van der Waals surface area contributed by atoms with Gasteiger partial charge in [0.05, 0.1) is 12.3 Å². The number of hydrogen-bond donors (Lipinski definition) is 2. The first-order valence-electron chi connectivity index (χ1n) is 7.21. The van der Waals surface area contributed by atoms with Crippen LogP contribution in [0.25, 0.3) is 0 Å². The lowest BCUT2D eigenvalue weighted by molar-refractivity contribution is 0.146. The minimum Gasteiger partial charge on any atom is -0.468 e. The van der Waals surface area contributed by atoms with Crippen LogP contribution in [0.15, 0.2) is 35.5 Å². The van der Waals surface area contributed by atoms with Gasteiger partial charge in [-0.2, -0.15) is 0 Å². The van der Waals surface area contributed by atoms with Gasteiger partial charge in [0.15, 0.2) is 5.11 Å². The average Bonchev–Trinajstić information content (AvgIpc) is 3.00. The van der Waals surface area contributed by atoms with Gasteiger partial charge in [0, 0.05) is 13.1 Å². The molecule has 0 bridgehead atoms. The zero-order chi connectivity index (χ0) is 14.2. The maximum atomic E-state index is 5.60. The minimum absolute atomic E-state index is 0.244. The summed E-state index contributed by atoms with van der Waals surface area (Å²) in [7, 11) is 0. The van der Waals surface area contributed by atoms with Crippen molar-refractivity contribution in [3.63, 3.8) is 0 Å². The van der Waals surface area contributed by atoms with E-state index in [1.54, 1.807) is 12.3 Å². The van der Waals surface area contributed by atoms with E-state index in [1.165, 1.54) is 19.3 Å². The van der Waals surface area contributed by atoms with E-state index in [2.05, 4.69) is 22.1 Å². The van der Waals surface area contributed by atoms with Gasteiger partial charge in [-0.3, -0.25) is 4.90 Å². The summed E-state index contributed by atoms with van der Waals surface area (Å²) in [6.45, 7) is 7.36. The Balaban J connectivity index is 1.92. The molecule has 1 aliphatic heterocycles. The van der Waals surface area contributed by atoms with E-state index >= 15 is 0 Å². The molecule has 2 rings (SSSR count). The van der Waals surface area contributed by atoms with Gasteiger partial charge in [-0.1, -0.05) is 12.5 Å². The Morgan fingerprint density at radius 1 is 1.40 bits per heavy atom. The topological polar surface area (TPSA) is 40.4 Å². The number of likely N-dealkylation sites (tertiary alicyclic amines) is 1. The Morgan fingerprint density at radius 2 is 2.20 bits per heavy atom. The van der Waals surface area contributed by atoms with E-state index in [9.17, 15) is 0 Å². The normalized spacial score (nSPS) is 17.4. The summed E-state index contributed by atoms with van der Waals surface area (Å²) >= 11 is 5.25. The van der Waals surface area contributed by atoms with Crippen molar-refractivity contribution < 1.29 is 4.42 Å². The van der Waals surface area contributed by atoms with Gasteiger partial charge < -0.3 is 15.1 Å². The van der Waals surface area contributed by atoms with Gasteiger partial charge in [-0.05, 0) is 50.3 Å². The lowest BCUT2D eigenvalue weighted by Crippen LogP contribution is -2.43. The van der Waals surface area contributed by atoms with Crippen LogP contribution in [0.5, 0.6) is 0 Å². The standard InChI is InChI=1S/C15H23N3OS/c1-2-8-16-15(20)17-12-13(14-7-6-11-19-14)18-9-4-3-5-10-18/h2,6-7,11,13H,1,3-5,8-10,12H2,(H2,16,17,20)/t13-/m0/s1. The average molecular weight is 293 g/mol. The Morgan fingerprint density at radius 3 is 2.85 bits per heavy atom. The molecule has 110 valence electrons. The fourth-order valence-corrected chi connectivity index (χ4v) is 2.70. The molecule has 2 N–H and O–H groups in total. The second-order valence-electron chi connectivity index (χ2n) is 5.01. The molecule has 0 spiro atoms. The molecule has 0 radical (unpaired) electrons. The minimum atomic E-state index is 0.244. The van der Waals surface area contributed by atoms with Crippen LogP contribution in [-0.2, 0) is 0 Å². The van der Waals surface area contributed by atoms with Crippen molar-refractivity contribution in [2.24, 2.45) is 0 Å². The number of nitrogens with one attached hydrogen (secondary N) is 2. The lowest BCUT2D eigenvalue weighted by Gasteiger charge is -2.33. The van der Waals surface area contributed by atoms with Crippen LogP contribution in [-0.4, -0.2) is 36.2 Å². The Bertz CT molecular complexity index is 413. The number of thiocarbonyl (C=S) groups is 1. The molecule has 0 unspecified atom stereocenters.